The Morgan fingerprint density at radius 2 is 1.73 bits per heavy atom. The molecule has 21 heteroatoms. The van der Waals surface area contributed by atoms with Crippen LogP contribution in [0, 0.1) is 5.41 Å². The molecule has 67 heavy (non-hydrogen) atoms. The smallest absolute Gasteiger partial charge is 0.324 e. The predicted molar refractivity (Wildman–Crippen MR) is 293 cm³/mol. The molecule has 1 aromatic carbocycles. The quantitative estimate of drug-likeness (QED) is 0.213. The van der Waals surface area contributed by atoms with Gasteiger partial charge < -0.3 is 38.8 Å². The van der Waals surface area contributed by atoms with Crippen molar-refractivity contribution in [2.75, 3.05) is 71.6 Å². The number of cyclic esters (lactones) is 1. The van der Waals surface area contributed by atoms with E-state index in [4.69, 9.17) is 24.2 Å². The number of thiazole rings is 1. The predicted octanol–water partition coefficient (Wildman–Crippen LogP) is 6.22. The van der Waals surface area contributed by atoms with Crippen LogP contribution in [0.4, 0.5) is 10.5 Å². The highest BCUT2D eigenvalue weighted by atomic mass is 32.1. The van der Waals surface area contributed by atoms with Crippen molar-refractivity contribution < 1.29 is 28.6 Å². The molecule has 4 aliphatic rings. The number of hydrogen-bond acceptors (Lipinski definition) is 12. The Morgan fingerprint density at radius 1 is 1.03 bits per heavy atom. The molecule has 3 fully saturated rings. The number of carbonyl (C=O) groups is 3. The summed E-state index contributed by atoms with van der Waals surface area (Å²) in [5.41, 5.74) is 10.7. The van der Waals surface area contributed by atoms with E-state index < -0.39 is 23.5 Å². The van der Waals surface area contributed by atoms with E-state index in [1.807, 2.05) is 32.3 Å². The molecule has 8 rings (SSSR count). The van der Waals surface area contributed by atoms with Crippen LogP contribution in [0.3, 0.4) is 0 Å². The van der Waals surface area contributed by atoms with E-state index in [1.54, 1.807) is 12.0 Å². The Kier molecular flexibility index (Phi) is 21.6. The number of pyridine rings is 1. The van der Waals surface area contributed by atoms with Gasteiger partial charge in [-0.1, -0.05) is 19.9 Å². The van der Waals surface area contributed by atoms with Gasteiger partial charge in [0.15, 0.2) is 0 Å². The number of likely N-dealkylation sites (N-methyl/N-ethyl adjacent to an activating group) is 1. The third-order valence-corrected chi connectivity index (χ3v) is 13.8. The number of carbonyl (C=O) groups excluding carboxylic acids is 3. The minimum absolute atomic E-state index is 0. The summed E-state index contributed by atoms with van der Waals surface area (Å²) in [7, 11) is 3.89. The van der Waals surface area contributed by atoms with Crippen molar-refractivity contribution in [2.24, 2.45) is 5.41 Å². The second-order valence-corrected chi connectivity index (χ2v) is 19.3. The topological polar surface area (TPSA) is 147 Å². The third kappa shape index (κ3) is 12.5. The van der Waals surface area contributed by atoms with Crippen LogP contribution in [0.1, 0.15) is 76.8 Å². The fraction of sp³-hybridized carbons (Fsp3) is 0.587. The molecule has 15 nitrogen and oxygen atoms in total. The zero-order valence-electron chi connectivity index (χ0n) is 40.0. The number of amides is 3. The van der Waals surface area contributed by atoms with Gasteiger partial charge in [0.05, 0.1) is 72.0 Å². The molecule has 0 spiro atoms. The number of methoxy groups -OCH3 is 1. The van der Waals surface area contributed by atoms with E-state index in [0.29, 0.717) is 50.6 Å². The van der Waals surface area contributed by atoms with Gasteiger partial charge in [0.1, 0.15) is 12.1 Å². The number of anilines is 1. The lowest BCUT2D eigenvalue weighted by Gasteiger charge is -2.40. The van der Waals surface area contributed by atoms with Crippen LogP contribution in [-0.4, -0.2) is 138 Å². The maximum absolute atomic E-state index is 14.4. The highest BCUT2D eigenvalue weighted by Crippen LogP contribution is 2.43. The molecule has 3 aromatic heterocycles. The van der Waals surface area contributed by atoms with Crippen molar-refractivity contribution in [3.8, 4) is 22.5 Å². The molecule has 0 saturated carbocycles. The van der Waals surface area contributed by atoms with E-state index in [9.17, 15) is 14.4 Å². The minimum Gasteiger partial charge on any atom is -0.464 e. The van der Waals surface area contributed by atoms with Gasteiger partial charge in [0.2, 0.25) is 0 Å². The van der Waals surface area contributed by atoms with Gasteiger partial charge in [-0.3, -0.25) is 19.6 Å². The van der Waals surface area contributed by atoms with E-state index in [2.05, 4.69) is 77.2 Å². The van der Waals surface area contributed by atoms with Crippen LogP contribution in [0.2, 0.25) is 0 Å². The monoisotopic (exact) mass is 1040 g/mol. The number of ether oxygens (including phenoxy) is 3. The first-order valence-electron chi connectivity index (χ1n) is 22.2. The SMILES string of the molecule is CCn1c(-c2cc(N3CCN(C)CC3)cnc2[C@H](C)OC)c2c3cc(ccc31)-c1csc(n1)C[C@H](NC(=O)N1[C@@H](C)COC[C@@H]1C)C(=O)N1CCC[C@H](N1)C(=O)OCC(C)(C)C2.S.S.S.S.S. The number of rotatable bonds is 6. The Bertz CT molecular complexity index is 2300. The highest BCUT2D eigenvalue weighted by Gasteiger charge is 2.38. The molecule has 374 valence electrons. The number of hydrazine groups is 1. The van der Waals surface area contributed by atoms with Crippen LogP contribution in [0.25, 0.3) is 33.4 Å². The van der Waals surface area contributed by atoms with Gasteiger partial charge in [-0.05, 0) is 77.8 Å². The van der Waals surface area contributed by atoms with Gasteiger partial charge in [0.25, 0.3) is 5.91 Å². The first kappa shape index (κ1) is 58.5. The average molecular weight is 1040 g/mol. The fourth-order valence-electron chi connectivity index (χ4n) is 9.47. The summed E-state index contributed by atoms with van der Waals surface area (Å²) in [4.78, 5) is 59.0. The van der Waals surface area contributed by atoms with Gasteiger partial charge in [-0.15, -0.1) is 11.3 Å². The Hall–Kier alpha value is -2.86. The summed E-state index contributed by atoms with van der Waals surface area (Å²) in [6.45, 7) is 18.3. The number of fused-ring (bicyclic) bond motifs is 6. The van der Waals surface area contributed by atoms with Crippen molar-refractivity contribution in [1.29, 1.82) is 0 Å². The number of esters is 1. The molecule has 0 radical (unpaired) electrons. The standard InChI is InChI=1S/C46H63N9O6S.5H2S/c1-9-53-39-13-12-31-19-33(39)35(42(53)34-20-32(23-47-41(34)30(4)59-8)52-17-15-51(7)16-18-52)22-46(5,6)27-61-44(57)36-11-10-14-54(50-36)43(56)37(21-40-48-38(31)26-62-40)49-45(58)55-28(2)24-60-25-29(55)3;;;;;/h12-13,19-20,23,26,28-30,36-37,50H,9-11,14-18,21-22,24-25,27H2,1-8H3,(H,49,58);5*1H2/t28-,29-,30-,36-,37-;;;;;/m0...../s1. The number of aryl methyl sites for hydroxylation is 1. The number of morpholine rings is 1. The van der Waals surface area contributed by atoms with Gasteiger partial charge in [-0.2, -0.15) is 67.5 Å². The molecule has 7 heterocycles. The van der Waals surface area contributed by atoms with Crippen molar-refractivity contribution in [3.63, 3.8) is 0 Å². The Balaban J connectivity index is 0.00000238. The second kappa shape index (κ2) is 24.8. The summed E-state index contributed by atoms with van der Waals surface area (Å²) in [6, 6.07) is 6.52. The van der Waals surface area contributed by atoms with Crippen molar-refractivity contribution in [1.82, 2.24) is 40.1 Å². The van der Waals surface area contributed by atoms with Gasteiger partial charge in [-0.25, -0.2) is 15.2 Å². The molecule has 3 amide bonds. The van der Waals surface area contributed by atoms with Gasteiger partial charge in [0, 0.05) is 85.6 Å². The number of benzene rings is 1. The molecular formula is C46H73N9O6S6. The lowest BCUT2D eigenvalue weighted by molar-refractivity contribution is -0.155. The lowest BCUT2D eigenvalue weighted by atomic mass is 9.84. The summed E-state index contributed by atoms with van der Waals surface area (Å²) >= 11 is 1.47. The van der Waals surface area contributed by atoms with E-state index >= 15 is 0 Å². The summed E-state index contributed by atoms with van der Waals surface area (Å²) < 4.78 is 20.2. The van der Waals surface area contributed by atoms with Crippen LogP contribution in [0.15, 0.2) is 35.8 Å². The summed E-state index contributed by atoms with van der Waals surface area (Å²) in [5, 5.41) is 8.39. The number of piperazine rings is 1. The number of urea groups is 1. The van der Waals surface area contributed by atoms with Crippen LogP contribution >= 0.6 is 78.8 Å². The van der Waals surface area contributed by atoms with E-state index in [1.165, 1.54) is 16.3 Å². The Morgan fingerprint density at radius 3 is 2.40 bits per heavy atom. The first-order chi connectivity index (χ1) is 29.7. The van der Waals surface area contributed by atoms with Crippen molar-refractivity contribution in [2.45, 2.75) is 104 Å². The largest absolute Gasteiger partial charge is 0.464 e. The molecular weight excluding hydrogens is 967 g/mol. The normalized spacial score (nSPS) is 22.7. The molecule has 5 atom stereocenters. The van der Waals surface area contributed by atoms with Crippen molar-refractivity contribution in [3.05, 3.63) is 52.1 Å². The maximum atomic E-state index is 14.4. The zero-order chi connectivity index (χ0) is 43.9. The first-order valence-corrected chi connectivity index (χ1v) is 23.1. The third-order valence-electron chi connectivity index (χ3n) is 13.0. The molecule has 0 aliphatic carbocycles. The number of nitrogens with zero attached hydrogens (tertiary/aromatic N) is 7. The molecule has 4 aliphatic heterocycles. The number of aromatic nitrogens is 3. The van der Waals surface area contributed by atoms with E-state index in [0.717, 1.165) is 76.5 Å². The molecule has 2 N–H and O–H groups in total. The zero-order valence-corrected chi connectivity index (χ0v) is 45.8. The summed E-state index contributed by atoms with van der Waals surface area (Å²) in [6.07, 6.45) is 3.64. The average Bonchev–Trinajstić information content (AvgIpc) is 3.86. The maximum Gasteiger partial charge on any atom is 0.324 e. The molecule has 0 unspecified atom stereocenters. The Labute approximate surface area is 435 Å². The number of nitrogens with one attached hydrogen (secondary N) is 2. The van der Waals surface area contributed by atoms with Crippen molar-refractivity contribution >= 4 is 113 Å². The fourth-order valence-corrected chi connectivity index (χ4v) is 10.3. The summed E-state index contributed by atoms with van der Waals surface area (Å²) in [5.74, 6) is -0.730. The molecule has 4 aromatic rings. The molecule has 3 saturated heterocycles. The number of hydrogen-bond donors (Lipinski definition) is 2. The lowest BCUT2D eigenvalue weighted by Crippen LogP contribution is -2.63. The van der Waals surface area contributed by atoms with Crippen LogP contribution in [-0.2, 0) is 43.2 Å². The molecule has 6 bridgehead atoms. The minimum atomic E-state index is -0.932. The van der Waals surface area contributed by atoms with E-state index in [-0.39, 0.29) is 111 Å². The van der Waals surface area contributed by atoms with Crippen LogP contribution < -0.4 is 15.6 Å². The van der Waals surface area contributed by atoms with Crippen LogP contribution in [0.5, 0.6) is 0 Å². The second-order valence-electron chi connectivity index (χ2n) is 18.3. The highest BCUT2D eigenvalue weighted by molar-refractivity contribution is 7.60. The van der Waals surface area contributed by atoms with Gasteiger partial charge >= 0.3 is 12.0 Å².